The molecule has 1 aliphatic carbocycles. The second-order valence-electron chi connectivity index (χ2n) is 7.95. The fourth-order valence-electron chi connectivity index (χ4n) is 3.44. The molecule has 0 aromatic heterocycles. The smallest absolute Gasteiger partial charge is 0.415 e. The summed E-state index contributed by atoms with van der Waals surface area (Å²) in [4.78, 5) is 14.1. The third-order valence-electron chi connectivity index (χ3n) is 4.77. The normalized spacial score (nSPS) is 27.0. The lowest BCUT2D eigenvalue weighted by Crippen LogP contribution is -2.60. The van der Waals surface area contributed by atoms with Gasteiger partial charge in [0, 0.05) is 11.6 Å². The highest BCUT2D eigenvalue weighted by Crippen LogP contribution is 2.52. The second kappa shape index (κ2) is 5.62. The zero-order chi connectivity index (χ0) is 18.6. The molecular weight excluding hydrogens is 333 g/mol. The molecule has 1 aromatic rings. The van der Waals surface area contributed by atoms with Gasteiger partial charge in [0.05, 0.1) is 5.69 Å². The van der Waals surface area contributed by atoms with Crippen molar-refractivity contribution in [3.63, 3.8) is 0 Å². The Labute approximate surface area is 145 Å². The number of rotatable bonds is 1. The van der Waals surface area contributed by atoms with Gasteiger partial charge in [0.2, 0.25) is 0 Å². The summed E-state index contributed by atoms with van der Waals surface area (Å²) in [6.07, 6.45) is -3.99. The number of ether oxygens (including phenoxy) is 1. The topological polar surface area (TPSA) is 55.6 Å². The Morgan fingerprint density at radius 3 is 2.36 bits per heavy atom. The van der Waals surface area contributed by atoms with Gasteiger partial charge in [-0.1, -0.05) is 18.2 Å². The zero-order valence-electron chi connectivity index (χ0n) is 14.6. The number of hydrogen-bond acceptors (Lipinski definition) is 3. The molecule has 2 atom stereocenters. The largest absolute Gasteiger partial charge is 0.443 e. The highest BCUT2D eigenvalue weighted by molar-refractivity contribution is 5.91. The lowest BCUT2D eigenvalue weighted by Gasteiger charge is -2.46. The molecule has 138 valence electrons. The van der Waals surface area contributed by atoms with Crippen molar-refractivity contribution in [2.24, 2.45) is 11.7 Å². The number of hydrogen-bond donors (Lipinski definition) is 1. The number of halogens is 3. The predicted molar refractivity (Wildman–Crippen MR) is 88.2 cm³/mol. The molecule has 1 fully saturated rings. The lowest BCUT2D eigenvalue weighted by molar-refractivity contribution is -0.194. The average Bonchev–Trinajstić information content (AvgIpc) is 3.28. The lowest BCUT2D eigenvalue weighted by atomic mass is 9.77. The van der Waals surface area contributed by atoms with E-state index in [1.165, 1.54) is 23.1 Å². The van der Waals surface area contributed by atoms with Crippen LogP contribution in [-0.4, -0.2) is 23.9 Å². The van der Waals surface area contributed by atoms with Crippen LogP contribution in [-0.2, 0) is 10.3 Å². The standard InChI is InChI=1S/C18H23F3N2O2/c1-16(2,3)25-15(24)23-13-7-5-4-6-12(13)17(22,18(19,20)21)10-14(23)11-8-9-11/h4-7,11,14H,8-10,22H2,1-3H3/t14-,17-/m1/s1. The van der Waals surface area contributed by atoms with Crippen LogP contribution in [0.5, 0.6) is 0 Å². The number of carbonyl (C=O) groups is 1. The maximum atomic E-state index is 13.8. The van der Waals surface area contributed by atoms with Crippen molar-refractivity contribution in [1.29, 1.82) is 0 Å². The minimum absolute atomic E-state index is 0.0196. The van der Waals surface area contributed by atoms with Crippen LogP contribution in [0.25, 0.3) is 0 Å². The maximum absolute atomic E-state index is 13.8. The molecular formula is C18H23F3N2O2. The SMILES string of the molecule is CC(C)(C)OC(=O)N1c2ccccc2[C@@](N)(C(F)(F)F)C[C@@H]1C1CC1. The van der Waals surface area contributed by atoms with E-state index in [1.54, 1.807) is 26.8 Å². The van der Waals surface area contributed by atoms with Crippen molar-refractivity contribution in [2.45, 2.75) is 63.4 Å². The highest BCUT2D eigenvalue weighted by Gasteiger charge is 2.60. The molecule has 3 rings (SSSR count). The van der Waals surface area contributed by atoms with Gasteiger partial charge in [0.15, 0.2) is 0 Å². The zero-order valence-corrected chi connectivity index (χ0v) is 14.6. The number of fused-ring (bicyclic) bond motifs is 1. The fraction of sp³-hybridized carbons (Fsp3) is 0.611. The molecule has 0 bridgehead atoms. The van der Waals surface area contributed by atoms with Crippen LogP contribution >= 0.6 is 0 Å². The molecule has 4 nitrogen and oxygen atoms in total. The van der Waals surface area contributed by atoms with E-state index in [9.17, 15) is 18.0 Å². The number of benzene rings is 1. The molecule has 1 aromatic carbocycles. The van der Waals surface area contributed by atoms with Crippen molar-refractivity contribution in [2.75, 3.05) is 4.90 Å². The van der Waals surface area contributed by atoms with Gasteiger partial charge in [-0.15, -0.1) is 0 Å². The first kappa shape index (κ1) is 18.0. The average molecular weight is 356 g/mol. The van der Waals surface area contributed by atoms with Gasteiger partial charge in [-0.05, 0) is 52.0 Å². The van der Waals surface area contributed by atoms with Gasteiger partial charge < -0.3 is 10.5 Å². The van der Waals surface area contributed by atoms with Crippen LogP contribution < -0.4 is 10.6 Å². The Balaban J connectivity index is 2.10. The quantitative estimate of drug-likeness (QED) is 0.815. The Hall–Kier alpha value is -1.76. The van der Waals surface area contributed by atoms with Gasteiger partial charge >= 0.3 is 12.3 Å². The van der Waals surface area contributed by atoms with Crippen molar-refractivity contribution in [3.05, 3.63) is 29.8 Å². The van der Waals surface area contributed by atoms with Crippen LogP contribution in [0.4, 0.5) is 23.7 Å². The molecule has 2 N–H and O–H groups in total. The number of anilines is 1. The third kappa shape index (κ3) is 3.21. The molecule has 0 saturated heterocycles. The summed E-state index contributed by atoms with van der Waals surface area (Å²) in [6, 6.07) is 5.38. The number of nitrogens with zero attached hydrogens (tertiary/aromatic N) is 1. The van der Waals surface area contributed by atoms with E-state index < -0.39 is 29.5 Å². The van der Waals surface area contributed by atoms with Crippen LogP contribution in [0.15, 0.2) is 24.3 Å². The van der Waals surface area contributed by atoms with Gasteiger partial charge in [-0.2, -0.15) is 13.2 Å². The number of amides is 1. The predicted octanol–water partition coefficient (Wildman–Crippen LogP) is 4.33. The molecule has 0 radical (unpaired) electrons. The maximum Gasteiger partial charge on any atom is 0.415 e. The summed E-state index contributed by atoms with van der Waals surface area (Å²) >= 11 is 0. The minimum Gasteiger partial charge on any atom is -0.443 e. The molecule has 25 heavy (non-hydrogen) atoms. The Kier molecular flexibility index (Phi) is 4.06. The summed E-state index contributed by atoms with van der Waals surface area (Å²) in [7, 11) is 0. The second-order valence-corrected chi connectivity index (χ2v) is 7.95. The Morgan fingerprint density at radius 2 is 1.84 bits per heavy atom. The fourth-order valence-corrected chi connectivity index (χ4v) is 3.44. The first-order valence-electron chi connectivity index (χ1n) is 8.41. The van der Waals surface area contributed by atoms with E-state index in [0.717, 1.165) is 12.8 Å². The number of alkyl halides is 3. The monoisotopic (exact) mass is 356 g/mol. The van der Waals surface area contributed by atoms with E-state index in [2.05, 4.69) is 0 Å². The van der Waals surface area contributed by atoms with Crippen LogP contribution in [0.1, 0.15) is 45.6 Å². The summed E-state index contributed by atoms with van der Waals surface area (Å²) in [5, 5.41) is 0. The van der Waals surface area contributed by atoms with Gasteiger partial charge in [-0.25, -0.2) is 4.79 Å². The molecule has 1 saturated carbocycles. The Bertz CT molecular complexity index is 680. The molecule has 1 amide bonds. The molecule has 2 aliphatic rings. The van der Waals surface area contributed by atoms with Crippen LogP contribution in [0.3, 0.4) is 0 Å². The van der Waals surface area contributed by atoms with Crippen molar-refractivity contribution < 1.29 is 22.7 Å². The number of nitrogens with two attached hydrogens (primary N) is 1. The van der Waals surface area contributed by atoms with E-state index in [-0.39, 0.29) is 23.6 Å². The summed E-state index contributed by atoms with van der Waals surface area (Å²) in [5.74, 6) is 0.0196. The molecule has 1 heterocycles. The van der Waals surface area contributed by atoms with E-state index in [4.69, 9.17) is 10.5 Å². The van der Waals surface area contributed by atoms with E-state index >= 15 is 0 Å². The van der Waals surface area contributed by atoms with Gasteiger partial charge in [-0.3, -0.25) is 4.90 Å². The summed E-state index contributed by atoms with van der Waals surface area (Å²) in [6.45, 7) is 5.20. The van der Waals surface area contributed by atoms with Crippen LogP contribution in [0, 0.1) is 5.92 Å². The highest BCUT2D eigenvalue weighted by atomic mass is 19.4. The minimum atomic E-state index is -4.60. The van der Waals surface area contributed by atoms with Gasteiger partial charge in [0.1, 0.15) is 11.1 Å². The Morgan fingerprint density at radius 1 is 1.24 bits per heavy atom. The van der Waals surface area contributed by atoms with Crippen molar-refractivity contribution in [1.82, 2.24) is 0 Å². The summed E-state index contributed by atoms with van der Waals surface area (Å²) < 4.78 is 46.9. The van der Waals surface area contributed by atoms with Crippen molar-refractivity contribution in [3.8, 4) is 0 Å². The molecule has 0 spiro atoms. The molecule has 1 aliphatic heterocycles. The van der Waals surface area contributed by atoms with Crippen LogP contribution in [0.2, 0.25) is 0 Å². The van der Waals surface area contributed by atoms with Crippen molar-refractivity contribution >= 4 is 11.8 Å². The third-order valence-corrected chi connectivity index (χ3v) is 4.77. The van der Waals surface area contributed by atoms with E-state index in [1.807, 2.05) is 0 Å². The van der Waals surface area contributed by atoms with Gasteiger partial charge in [0.25, 0.3) is 0 Å². The summed E-state index contributed by atoms with van der Waals surface area (Å²) in [5.41, 5.74) is 2.81. The first-order valence-corrected chi connectivity index (χ1v) is 8.41. The number of carbonyl (C=O) groups excluding carboxylic acids is 1. The van der Waals surface area contributed by atoms with E-state index in [0.29, 0.717) is 0 Å². The molecule has 0 unspecified atom stereocenters. The first-order chi connectivity index (χ1) is 11.4. The number of para-hydroxylation sites is 1. The molecule has 7 heteroatoms.